The predicted molar refractivity (Wildman–Crippen MR) is 95.7 cm³/mol. The SMILES string of the molecule is C[C@@H]1CCc2nn3ccn(CC(=O)Nc4ccccc4)c(=O)c3c2C1. The summed E-state index contributed by atoms with van der Waals surface area (Å²) >= 11 is 0. The zero-order chi connectivity index (χ0) is 17.4. The first kappa shape index (κ1) is 15.6. The molecule has 0 radical (unpaired) electrons. The third-order valence-electron chi connectivity index (χ3n) is 4.74. The Morgan fingerprint density at radius 2 is 2.08 bits per heavy atom. The average molecular weight is 336 g/mol. The van der Waals surface area contributed by atoms with Crippen molar-refractivity contribution in [2.24, 2.45) is 5.92 Å². The second-order valence-electron chi connectivity index (χ2n) is 6.71. The van der Waals surface area contributed by atoms with Crippen LogP contribution in [0.1, 0.15) is 24.6 Å². The van der Waals surface area contributed by atoms with E-state index in [2.05, 4.69) is 17.3 Å². The highest BCUT2D eigenvalue weighted by Gasteiger charge is 2.23. The van der Waals surface area contributed by atoms with Gasteiger partial charge in [0, 0.05) is 23.6 Å². The van der Waals surface area contributed by atoms with Crippen LogP contribution < -0.4 is 10.9 Å². The number of aromatic nitrogens is 3. The number of nitrogens with zero attached hydrogens (tertiary/aromatic N) is 3. The van der Waals surface area contributed by atoms with Gasteiger partial charge in [0.1, 0.15) is 12.1 Å². The number of nitrogens with one attached hydrogen (secondary N) is 1. The molecule has 1 N–H and O–H groups in total. The molecule has 2 heterocycles. The maximum absolute atomic E-state index is 12.9. The van der Waals surface area contributed by atoms with Crippen LogP contribution in [0.2, 0.25) is 0 Å². The van der Waals surface area contributed by atoms with Crippen molar-refractivity contribution >= 4 is 17.1 Å². The summed E-state index contributed by atoms with van der Waals surface area (Å²) in [6.45, 7) is 2.18. The standard InChI is InChI=1S/C19H20N4O2/c1-13-7-8-16-15(11-13)18-19(25)22(9-10-23(18)21-16)12-17(24)20-14-5-3-2-4-6-14/h2-6,9-10,13H,7-8,11-12H2,1H3,(H,20,24)/t13-/m1/s1. The smallest absolute Gasteiger partial charge is 0.277 e. The van der Waals surface area contributed by atoms with Crippen LogP contribution in [0.3, 0.4) is 0 Å². The zero-order valence-corrected chi connectivity index (χ0v) is 14.1. The van der Waals surface area contributed by atoms with Gasteiger partial charge in [0.15, 0.2) is 0 Å². The van der Waals surface area contributed by atoms with Crippen LogP contribution >= 0.6 is 0 Å². The van der Waals surface area contributed by atoms with Crippen molar-refractivity contribution in [1.29, 1.82) is 0 Å². The van der Waals surface area contributed by atoms with Crippen molar-refractivity contribution < 1.29 is 4.79 Å². The Balaban J connectivity index is 1.64. The van der Waals surface area contributed by atoms with Gasteiger partial charge in [0.2, 0.25) is 5.91 Å². The lowest BCUT2D eigenvalue weighted by Crippen LogP contribution is -2.28. The normalized spacial score (nSPS) is 16.6. The van der Waals surface area contributed by atoms with E-state index in [1.165, 1.54) is 4.57 Å². The molecule has 3 aromatic rings. The fourth-order valence-electron chi connectivity index (χ4n) is 3.45. The van der Waals surface area contributed by atoms with Crippen molar-refractivity contribution in [3.05, 3.63) is 64.3 Å². The Hall–Kier alpha value is -2.89. The number of anilines is 1. The van der Waals surface area contributed by atoms with E-state index in [1.807, 2.05) is 30.3 Å². The van der Waals surface area contributed by atoms with Crippen LogP contribution in [0.5, 0.6) is 0 Å². The van der Waals surface area contributed by atoms with Crippen LogP contribution in [-0.2, 0) is 24.2 Å². The largest absolute Gasteiger partial charge is 0.325 e. The van der Waals surface area contributed by atoms with E-state index in [-0.39, 0.29) is 18.0 Å². The maximum Gasteiger partial charge on any atom is 0.277 e. The van der Waals surface area contributed by atoms with E-state index in [1.54, 1.807) is 16.9 Å². The first-order valence-electron chi connectivity index (χ1n) is 8.56. The number of carbonyl (C=O) groups is 1. The number of rotatable bonds is 3. The Kier molecular flexibility index (Phi) is 3.87. The van der Waals surface area contributed by atoms with E-state index in [0.29, 0.717) is 11.4 Å². The molecule has 1 amide bonds. The first-order chi connectivity index (χ1) is 12.1. The summed E-state index contributed by atoms with van der Waals surface area (Å²) in [4.78, 5) is 25.1. The van der Waals surface area contributed by atoms with Gasteiger partial charge < -0.3 is 9.88 Å². The second kappa shape index (κ2) is 6.20. The first-order valence-corrected chi connectivity index (χ1v) is 8.56. The minimum atomic E-state index is -0.223. The molecule has 6 nitrogen and oxygen atoms in total. The molecule has 6 heteroatoms. The zero-order valence-electron chi connectivity index (χ0n) is 14.1. The molecule has 0 bridgehead atoms. The molecule has 25 heavy (non-hydrogen) atoms. The molecule has 2 aromatic heterocycles. The molecular weight excluding hydrogens is 316 g/mol. The van der Waals surface area contributed by atoms with Crippen LogP contribution in [0.15, 0.2) is 47.5 Å². The molecule has 4 rings (SSSR count). The summed E-state index contributed by atoms with van der Waals surface area (Å²) in [6, 6.07) is 9.23. The molecule has 0 saturated heterocycles. The molecule has 1 aliphatic carbocycles. The second-order valence-corrected chi connectivity index (χ2v) is 6.71. The van der Waals surface area contributed by atoms with Crippen LogP contribution in [-0.4, -0.2) is 20.1 Å². The third-order valence-corrected chi connectivity index (χ3v) is 4.74. The van der Waals surface area contributed by atoms with Gasteiger partial charge in [0.25, 0.3) is 5.56 Å². The Morgan fingerprint density at radius 1 is 1.28 bits per heavy atom. The van der Waals surface area contributed by atoms with Crippen LogP contribution in [0, 0.1) is 5.92 Å². The van der Waals surface area contributed by atoms with Gasteiger partial charge in [-0.05, 0) is 37.3 Å². The van der Waals surface area contributed by atoms with Crippen molar-refractivity contribution in [1.82, 2.24) is 14.2 Å². The van der Waals surface area contributed by atoms with Crippen molar-refractivity contribution in [3.63, 3.8) is 0 Å². The summed E-state index contributed by atoms with van der Waals surface area (Å²) in [6.07, 6.45) is 6.27. The lowest BCUT2D eigenvalue weighted by molar-refractivity contribution is -0.116. The number of aryl methyl sites for hydroxylation is 1. The summed E-state index contributed by atoms with van der Waals surface area (Å²) in [7, 11) is 0. The molecular formula is C19H20N4O2. The minimum Gasteiger partial charge on any atom is -0.325 e. The third kappa shape index (κ3) is 2.95. The summed E-state index contributed by atoms with van der Waals surface area (Å²) < 4.78 is 3.12. The van der Waals surface area contributed by atoms with Gasteiger partial charge in [-0.1, -0.05) is 25.1 Å². The Labute approximate surface area is 145 Å². The van der Waals surface area contributed by atoms with Crippen molar-refractivity contribution in [2.45, 2.75) is 32.7 Å². The number of benzene rings is 1. The predicted octanol–water partition coefficient (Wildman–Crippen LogP) is 2.26. The highest BCUT2D eigenvalue weighted by molar-refractivity contribution is 5.90. The number of hydrogen-bond donors (Lipinski definition) is 1. The van der Waals surface area contributed by atoms with E-state index in [4.69, 9.17) is 0 Å². The average Bonchev–Trinajstić information content (AvgIpc) is 2.96. The van der Waals surface area contributed by atoms with Gasteiger partial charge in [-0.15, -0.1) is 0 Å². The van der Waals surface area contributed by atoms with Gasteiger partial charge >= 0.3 is 0 Å². The van der Waals surface area contributed by atoms with Crippen LogP contribution in [0.25, 0.3) is 5.52 Å². The topological polar surface area (TPSA) is 68.4 Å². The number of amides is 1. The minimum absolute atomic E-state index is 0.0142. The summed E-state index contributed by atoms with van der Waals surface area (Å²) in [5.41, 5.74) is 3.23. The quantitative estimate of drug-likeness (QED) is 0.798. The van der Waals surface area contributed by atoms with Gasteiger partial charge in [0.05, 0.1) is 5.69 Å². The summed E-state index contributed by atoms with van der Waals surface area (Å²) in [5, 5.41) is 7.35. The lowest BCUT2D eigenvalue weighted by atomic mass is 9.88. The molecule has 1 aliphatic rings. The number of carbonyl (C=O) groups excluding carboxylic acids is 1. The molecule has 0 aliphatic heterocycles. The van der Waals surface area contributed by atoms with Gasteiger partial charge in [-0.2, -0.15) is 5.10 Å². The maximum atomic E-state index is 12.9. The fraction of sp³-hybridized carbons (Fsp3) is 0.316. The van der Waals surface area contributed by atoms with E-state index in [9.17, 15) is 9.59 Å². The van der Waals surface area contributed by atoms with Gasteiger partial charge in [-0.25, -0.2) is 4.52 Å². The van der Waals surface area contributed by atoms with E-state index in [0.717, 1.165) is 36.2 Å². The van der Waals surface area contributed by atoms with Crippen molar-refractivity contribution in [3.8, 4) is 0 Å². The molecule has 1 atom stereocenters. The molecule has 128 valence electrons. The summed E-state index contributed by atoms with van der Waals surface area (Å²) in [5.74, 6) is 0.328. The number of fused-ring (bicyclic) bond motifs is 3. The van der Waals surface area contributed by atoms with E-state index < -0.39 is 0 Å². The Bertz CT molecular complexity index is 988. The molecule has 0 spiro atoms. The van der Waals surface area contributed by atoms with Crippen molar-refractivity contribution in [2.75, 3.05) is 5.32 Å². The fourth-order valence-corrected chi connectivity index (χ4v) is 3.45. The number of para-hydroxylation sites is 1. The van der Waals surface area contributed by atoms with E-state index >= 15 is 0 Å². The molecule has 0 unspecified atom stereocenters. The lowest BCUT2D eigenvalue weighted by Gasteiger charge is -2.16. The van der Waals surface area contributed by atoms with Crippen LogP contribution in [0.4, 0.5) is 5.69 Å². The Morgan fingerprint density at radius 3 is 2.88 bits per heavy atom. The molecule has 0 fully saturated rings. The molecule has 0 saturated carbocycles. The molecule has 1 aromatic carbocycles. The monoisotopic (exact) mass is 336 g/mol. The highest BCUT2D eigenvalue weighted by Crippen LogP contribution is 2.26. The highest BCUT2D eigenvalue weighted by atomic mass is 16.2. The van der Waals surface area contributed by atoms with Gasteiger partial charge in [-0.3, -0.25) is 9.59 Å². The number of hydrogen-bond acceptors (Lipinski definition) is 3.